The highest BCUT2D eigenvalue weighted by atomic mass is 35.5. The van der Waals surface area contributed by atoms with Crippen molar-refractivity contribution < 1.29 is 18.0 Å². The normalized spacial score (nSPS) is 10.6. The van der Waals surface area contributed by atoms with Crippen molar-refractivity contribution in [1.29, 1.82) is 0 Å². The van der Waals surface area contributed by atoms with Gasteiger partial charge in [-0.2, -0.15) is 0 Å². The van der Waals surface area contributed by atoms with Crippen LogP contribution < -0.4 is 5.32 Å². The first-order valence-corrected chi connectivity index (χ1v) is 7.03. The summed E-state index contributed by atoms with van der Waals surface area (Å²) in [7, 11) is 0. The second-order valence-electron chi connectivity index (χ2n) is 4.72. The molecular formula is C17H10ClF2NO2. The molecule has 0 spiro atoms. The summed E-state index contributed by atoms with van der Waals surface area (Å²) in [6, 6.07) is 12.9. The Balaban J connectivity index is 1.83. The minimum absolute atomic E-state index is 0.0105. The van der Waals surface area contributed by atoms with Crippen LogP contribution in [0.4, 0.5) is 14.5 Å². The highest BCUT2D eigenvalue weighted by Crippen LogP contribution is 2.29. The summed E-state index contributed by atoms with van der Waals surface area (Å²) < 4.78 is 31.9. The lowest BCUT2D eigenvalue weighted by Gasteiger charge is -2.04. The summed E-state index contributed by atoms with van der Waals surface area (Å²) in [5.41, 5.74) is 0.508. The lowest BCUT2D eigenvalue weighted by Crippen LogP contribution is -2.12. The second kappa shape index (κ2) is 6.22. The largest absolute Gasteiger partial charge is 0.451 e. The molecule has 0 atom stereocenters. The summed E-state index contributed by atoms with van der Waals surface area (Å²) in [6.07, 6.45) is 0. The summed E-state index contributed by atoms with van der Waals surface area (Å²) >= 11 is 6.07. The molecule has 3 aromatic rings. The standard InChI is InChI=1S/C17H10ClF2NO2/c18-12-4-2-1-3-11(12)15-7-8-16(23-15)17(22)21-14-6-5-10(19)9-13(14)20/h1-9H,(H,21,22). The summed E-state index contributed by atoms with van der Waals surface area (Å²) in [6.45, 7) is 0. The van der Waals surface area contributed by atoms with E-state index in [1.54, 1.807) is 30.3 Å². The molecule has 23 heavy (non-hydrogen) atoms. The molecule has 0 aliphatic heterocycles. The van der Waals surface area contributed by atoms with Crippen LogP contribution in [-0.4, -0.2) is 5.91 Å². The minimum Gasteiger partial charge on any atom is -0.451 e. The Kier molecular flexibility index (Phi) is 4.12. The number of halogens is 3. The van der Waals surface area contributed by atoms with Gasteiger partial charge >= 0.3 is 0 Å². The van der Waals surface area contributed by atoms with Gasteiger partial charge in [0.25, 0.3) is 5.91 Å². The lowest BCUT2D eigenvalue weighted by atomic mass is 10.2. The van der Waals surface area contributed by atoms with E-state index in [4.69, 9.17) is 16.0 Å². The molecule has 1 amide bonds. The number of rotatable bonds is 3. The van der Waals surface area contributed by atoms with Crippen molar-refractivity contribution in [3.63, 3.8) is 0 Å². The Morgan fingerprint density at radius 2 is 1.83 bits per heavy atom. The molecule has 3 nitrogen and oxygen atoms in total. The van der Waals surface area contributed by atoms with Crippen molar-refractivity contribution in [3.8, 4) is 11.3 Å². The molecule has 116 valence electrons. The van der Waals surface area contributed by atoms with E-state index in [-0.39, 0.29) is 11.4 Å². The predicted octanol–water partition coefficient (Wildman–Crippen LogP) is 5.13. The maximum absolute atomic E-state index is 13.5. The van der Waals surface area contributed by atoms with Crippen molar-refractivity contribution in [1.82, 2.24) is 0 Å². The molecule has 0 bridgehead atoms. The van der Waals surface area contributed by atoms with Gasteiger partial charge in [0.1, 0.15) is 17.4 Å². The van der Waals surface area contributed by atoms with Crippen LogP contribution in [0.25, 0.3) is 11.3 Å². The van der Waals surface area contributed by atoms with Gasteiger partial charge in [0.2, 0.25) is 0 Å². The number of hydrogen-bond acceptors (Lipinski definition) is 2. The quantitative estimate of drug-likeness (QED) is 0.722. The fourth-order valence-electron chi connectivity index (χ4n) is 2.04. The van der Waals surface area contributed by atoms with Crippen LogP contribution in [0.1, 0.15) is 10.6 Å². The van der Waals surface area contributed by atoms with Gasteiger partial charge in [-0.25, -0.2) is 8.78 Å². The molecule has 0 aliphatic rings. The highest BCUT2D eigenvalue weighted by Gasteiger charge is 2.15. The molecule has 0 radical (unpaired) electrons. The van der Waals surface area contributed by atoms with Crippen molar-refractivity contribution in [2.45, 2.75) is 0 Å². The SMILES string of the molecule is O=C(Nc1ccc(F)cc1F)c1ccc(-c2ccccc2Cl)o1. The third kappa shape index (κ3) is 3.24. The molecule has 0 saturated heterocycles. The first-order valence-electron chi connectivity index (χ1n) is 6.66. The fourth-order valence-corrected chi connectivity index (χ4v) is 2.27. The molecule has 2 aromatic carbocycles. The van der Waals surface area contributed by atoms with E-state index >= 15 is 0 Å². The van der Waals surface area contributed by atoms with E-state index in [1.165, 1.54) is 6.07 Å². The molecule has 3 rings (SSSR count). The second-order valence-corrected chi connectivity index (χ2v) is 5.13. The molecule has 1 heterocycles. The van der Waals surface area contributed by atoms with Crippen LogP contribution >= 0.6 is 11.6 Å². The third-order valence-electron chi connectivity index (χ3n) is 3.15. The molecule has 0 fully saturated rings. The average Bonchev–Trinajstić information content (AvgIpc) is 3.00. The zero-order valence-electron chi connectivity index (χ0n) is 11.6. The number of hydrogen-bond donors (Lipinski definition) is 1. The molecule has 1 aromatic heterocycles. The van der Waals surface area contributed by atoms with Gasteiger partial charge < -0.3 is 9.73 Å². The first kappa shape index (κ1) is 15.2. The van der Waals surface area contributed by atoms with Gasteiger partial charge in [-0.1, -0.05) is 23.7 Å². The van der Waals surface area contributed by atoms with Gasteiger partial charge in [0.15, 0.2) is 5.76 Å². The smallest absolute Gasteiger partial charge is 0.291 e. The monoisotopic (exact) mass is 333 g/mol. The summed E-state index contributed by atoms with van der Waals surface area (Å²) in [4.78, 5) is 12.1. The van der Waals surface area contributed by atoms with Crippen LogP contribution in [0.2, 0.25) is 5.02 Å². The number of amides is 1. The van der Waals surface area contributed by atoms with Crippen molar-refractivity contribution in [2.75, 3.05) is 5.32 Å². The van der Waals surface area contributed by atoms with Gasteiger partial charge in [0, 0.05) is 11.6 Å². The minimum atomic E-state index is -0.865. The van der Waals surface area contributed by atoms with Crippen LogP contribution in [-0.2, 0) is 0 Å². The maximum atomic E-state index is 13.5. The van der Waals surface area contributed by atoms with Crippen LogP contribution in [0.5, 0.6) is 0 Å². The maximum Gasteiger partial charge on any atom is 0.291 e. The van der Waals surface area contributed by atoms with Crippen LogP contribution in [0.3, 0.4) is 0 Å². The van der Waals surface area contributed by atoms with Gasteiger partial charge in [0.05, 0.1) is 10.7 Å². The van der Waals surface area contributed by atoms with E-state index < -0.39 is 17.5 Å². The summed E-state index contributed by atoms with van der Waals surface area (Å²) in [5.74, 6) is -1.83. The number of anilines is 1. The Morgan fingerprint density at radius 3 is 2.57 bits per heavy atom. The topological polar surface area (TPSA) is 42.2 Å². The van der Waals surface area contributed by atoms with Crippen LogP contribution in [0, 0.1) is 11.6 Å². The van der Waals surface area contributed by atoms with E-state index in [1.807, 2.05) is 0 Å². The van der Waals surface area contributed by atoms with E-state index in [9.17, 15) is 13.6 Å². The number of nitrogens with one attached hydrogen (secondary N) is 1. The van der Waals surface area contributed by atoms with E-state index in [2.05, 4.69) is 5.32 Å². The lowest BCUT2D eigenvalue weighted by molar-refractivity contribution is 0.0997. The summed E-state index contributed by atoms with van der Waals surface area (Å²) in [5, 5.41) is 2.81. The molecule has 0 saturated carbocycles. The molecule has 0 aliphatic carbocycles. The van der Waals surface area contributed by atoms with Crippen molar-refractivity contribution in [2.24, 2.45) is 0 Å². The molecule has 0 unspecified atom stereocenters. The number of carbonyl (C=O) groups excluding carboxylic acids is 1. The van der Waals surface area contributed by atoms with Crippen molar-refractivity contribution >= 4 is 23.2 Å². The van der Waals surface area contributed by atoms with E-state index in [0.29, 0.717) is 22.4 Å². The van der Waals surface area contributed by atoms with Crippen LogP contribution in [0.15, 0.2) is 59.0 Å². The molecule has 1 N–H and O–H groups in total. The third-order valence-corrected chi connectivity index (χ3v) is 3.48. The van der Waals surface area contributed by atoms with Gasteiger partial charge in [-0.15, -0.1) is 0 Å². The number of benzene rings is 2. The van der Waals surface area contributed by atoms with Crippen molar-refractivity contribution in [3.05, 3.63) is 77.0 Å². The molecular weight excluding hydrogens is 324 g/mol. The number of carbonyl (C=O) groups is 1. The first-order chi connectivity index (χ1) is 11.0. The Hall–Kier alpha value is -2.66. The van der Waals surface area contributed by atoms with Gasteiger partial charge in [-0.05, 0) is 36.4 Å². The average molecular weight is 334 g/mol. The highest BCUT2D eigenvalue weighted by molar-refractivity contribution is 6.33. The Bertz CT molecular complexity index is 877. The van der Waals surface area contributed by atoms with E-state index in [0.717, 1.165) is 12.1 Å². The predicted molar refractivity (Wildman–Crippen MR) is 83.5 cm³/mol. The zero-order valence-corrected chi connectivity index (χ0v) is 12.4. The Labute approximate surface area is 135 Å². The zero-order chi connectivity index (χ0) is 16.4. The number of furan rings is 1. The fraction of sp³-hybridized carbons (Fsp3) is 0. The van der Waals surface area contributed by atoms with Gasteiger partial charge in [-0.3, -0.25) is 4.79 Å². The molecule has 6 heteroatoms. The Morgan fingerprint density at radius 1 is 1.04 bits per heavy atom.